The zero-order valence-electron chi connectivity index (χ0n) is 10.6. The van der Waals surface area contributed by atoms with Crippen LogP contribution in [-0.2, 0) is 0 Å². The normalized spacial score (nSPS) is 10.7. The number of halogens is 1. The molecule has 0 fully saturated rings. The van der Waals surface area contributed by atoms with Crippen LogP contribution >= 0.6 is 0 Å². The van der Waals surface area contributed by atoms with Crippen LogP contribution in [0.15, 0.2) is 47.3 Å². The molecule has 6 heteroatoms. The van der Waals surface area contributed by atoms with Crippen molar-refractivity contribution in [2.45, 2.75) is 0 Å². The molecule has 0 amide bonds. The van der Waals surface area contributed by atoms with Crippen molar-refractivity contribution in [3.8, 4) is 11.3 Å². The molecule has 0 aliphatic carbocycles. The first-order valence-electron chi connectivity index (χ1n) is 6.08. The van der Waals surface area contributed by atoms with E-state index in [-0.39, 0.29) is 11.3 Å². The van der Waals surface area contributed by atoms with Crippen molar-refractivity contribution < 1.29 is 14.3 Å². The summed E-state index contributed by atoms with van der Waals surface area (Å²) in [4.78, 5) is 29.7. The van der Waals surface area contributed by atoms with Crippen molar-refractivity contribution in [2.24, 2.45) is 0 Å². The van der Waals surface area contributed by atoms with E-state index in [0.717, 1.165) is 0 Å². The SMILES string of the molecule is O=C(O)c1ccc2nc(-c3ccc(F)cc3)c(=O)[nH]c2c1. The molecule has 3 rings (SSSR count). The fourth-order valence-electron chi connectivity index (χ4n) is 2.02. The minimum Gasteiger partial charge on any atom is -0.478 e. The number of nitrogens with zero attached hydrogens (tertiary/aromatic N) is 1. The number of hydrogen-bond donors (Lipinski definition) is 2. The summed E-state index contributed by atoms with van der Waals surface area (Å²) in [5.41, 5.74) is 1.04. The summed E-state index contributed by atoms with van der Waals surface area (Å²) in [5.74, 6) is -1.48. The van der Waals surface area contributed by atoms with Crippen LogP contribution in [0.25, 0.3) is 22.3 Å². The molecule has 0 saturated carbocycles. The molecule has 0 saturated heterocycles. The molecule has 0 spiro atoms. The van der Waals surface area contributed by atoms with E-state index in [4.69, 9.17) is 5.11 Å². The Balaban J connectivity index is 2.20. The topological polar surface area (TPSA) is 83.0 Å². The maximum absolute atomic E-state index is 12.9. The summed E-state index contributed by atoms with van der Waals surface area (Å²) in [5, 5.41) is 8.92. The van der Waals surface area contributed by atoms with E-state index in [2.05, 4.69) is 9.97 Å². The Labute approximate surface area is 117 Å². The predicted octanol–water partition coefficient (Wildman–Crippen LogP) is 2.43. The van der Waals surface area contributed by atoms with Gasteiger partial charge >= 0.3 is 5.97 Å². The van der Waals surface area contributed by atoms with Gasteiger partial charge in [-0.2, -0.15) is 0 Å². The van der Waals surface area contributed by atoms with Crippen LogP contribution < -0.4 is 5.56 Å². The molecule has 1 heterocycles. The van der Waals surface area contributed by atoms with E-state index in [1.807, 2.05) is 0 Å². The fourth-order valence-corrected chi connectivity index (χ4v) is 2.02. The van der Waals surface area contributed by atoms with E-state index in [0.29, 0.717) is 16.6 Å². The number of H-pyrrole nitrogens is 1. The van der Waals surface area contributed by atoms with Crippen molar-refractivity contribution in [1.29, 1.82) is 0 Å². The number of rotatable bonds is 2. The number of carbonyl (C=O) groups is 1. The number of benzene rings is 2. The van der Waals surface area contributed by atoms with E-state index >= 15 is 0 Å². The predicted molar refractivity (Wildman–Crippen MR) is 74.7 cm³/mol. The lowest BCUT2D eigenvalue weighted by atomic mass is 10.1. The van der Waals surface area contributed by atoms with Crippen LogP contribution in [0.1, 0.15) is 10.4 Å². The first-order chi connectivity index (χ1) is 10.0. The number of carboxylic acids is 1. The number of aromatic carboxylic acids is 1. The van der Waals surface area contributed by atoms with Crippen molar-refractivity contribution in [3.63, 3.8) is 0 Å². The lowest BCUT2D eigenvalue weighted by Crippen LogP contribution is -2.12. The van der Waals surface area contributed by atoms with Gasteiger partial charge < -0.3 is 10.1 Å². The standard InChI is InChI=1S/C15H9FN2O3/c16-10-4-1-8(2-5-10)13-14(19)18-12-7-9(15(20)21)3-6-11(12)17-13/h1-7H,(H,18,19)(H,20,21). The highest BCUT2D eigenvalue weighted by molar-refractivity contribution is 5.92. The van der Waals surface area contributed by atoms with Gasteiger partial charge in [0.05, 0.1) is 16.6 Å². The zero-order chi connectivity index (χ0) is 15.0. The number of fused-ring (bicyclic) bond motifs is 1. The van der Waals surface area contributed by atoms with E-state index in [9.17, 15) is 14.0 Å². The number of hydrogen-bond acceptors (Lipinski definition) is 3. The number of carboxylic acid groups (broad SMARTS) is 1. The number of aromatic amines is 1. The van der Waals surface area contributed by atoms with E-state index in [1.165, 1.54) is 42.5 Å². The molecular weight excluding hydrogens is 275 g/mol. The van der Waals surface area contributed by atoms with Gasteiger partial charge in [0.15, 0.2) is 0 Å². The molecule has 0 atom stereocenters. The minimum atomic E-state index is -1.08. The van der Waals surface area contributed by atoms with Gasteiger partial charge in [0, 0.05) is 5.56 Å². The average Bonchev–Trinajstić information content (AvgIpc) is 2.47. The second-order valence-corrected chi connectivity index (χ2v) is 4.46. The summed E-state index contributed by atoms with van der Waals surface area (Å²) < 4.78 is 12.9. The van der Waals surface area contributed by atoms with Crippen LogP contribution in [0.5, 0.6) is 0 Å². The van der Waals surface area contributed by atoms with Crippen molar-refractivity contribution in [2.75, 3.05) is 0 Å². The summed E-state index contributed by atoms with van der Waals surface area (Å²) in [6.45, 7) is 0. The third kappa shape index (κ3) is 2.38. The lowest BCUT2D eigenvalue weighted by Gasteiger charge is -2.03. The Kier molecular flexibility index (Phi) is 2.98. The summed E-state index contributed by atoms with van der Waals surface area (Å²) in [7, 11) is 0. The molecule has 104 valence electrons. The van der Waals surface area contributed by atoms with Gasteiger partial charge in [0.25, 0.3) is 5.56 Å². The Bertz CT molecular complexity index is 901. The van der Waals surface area contributed by atoms with Gasteiger partial charge in [-0.1, -0.05) is 0 Å². The zero-order valence-corrected chi connectivity index (χ0v) is 10.6. The van der Waals surface area contributed by atoms with Crippen LogP contribution in [0, 0.1) is 5.82 Å². The quantitative estimate of drug-likeness (QED) is 0.757. The van der Waals surface area contributed by atoms with Crippen LogP contribution in [0.2, 0.25) is 0 Å². The molecule has 2 aromatic carbocycles. The Hall–Kier alpha value is -3.02. The van der Waals surface area contributed by atoms with E-state index in [1.54, 1.807) is 0 Å². The first kappa shape index (κ1) is 13.0. The van der Waals surface area contributed by atoms with Crippen LogP contribution in [0.4, 0.5) is 4.39 Å². The fraction of sp³-hybridized carbons (Fsp3) is 0. The molecule has 0 bridgehead atoms. The minimum absolute atomic E-state index is 0.0643. The van der Waals surface area contributed by atoms with Crippen LogP contribution in [-0.4, -0.2) is 21.0 Å². The highest BCUT2D eigenvalue weighted by Crippen LogP contribution is 2.17. The highest BCUT2D eigenvalue weighted by Gasteiger charge is 2.10. The molecule has 0 aliphatic rings. The average molecular weight is 284 g/mol. The Morgan fingerprint density at radius 3 is 2.52 bits per heavy atom. The molecule has 3 aromatic rings. The Morgan fingerprint density at radius 2 is 1.86 bits per heavy atom. The van der Waals surface area contributed by atoms with Crippen molar-refractivity contribution >= 4 is 17.0 Å². The van der Waals surface area contributed by atoms with Gasteiger partial charge in [0.2, 0.25) is 0 Å². The molecule has 5 nitrogen and oxygen atoms in total. The maximum atomic E-state index is 12.9. The smallest absolute Gasteiger partial charge is 0.335 e. The molecule has 1 aromatic heterocycles. The molecule has 0 radical (unpaired) electrons. The third-order valence-electron chi connectivity index (χ3n) is 3.06. The maximum Gasteiger partial charge on any atom is 0.335 e. The summed E-state index contributed by atoms with van der Waals surface area (Å²) in [6.07, 6.45) is 0. The van der Waals surface area contributed by atoms with E-state index < -0.39 is 17.3 Å². The van der Waals surface area contributed by atoms with Crippen LogP contribution in [0.3, 0.4) is 0 Å². The van der Waals surface area contributed by atoms with Gasteiger partial charge in [-0.3, -0.25) is 4.79 Å². The van der Waals surface area contributed by atoms with Gasteiger partial charge in [-0.25, -0.2) is 14.2 Å². The van der Waals surface area contributed by atoms with Crippen molar-refractivity contribution in [3.05, 3.63) is 64.2 Å². The summed E-state index contributed by atoms with van der Waals surface area (Å²) in [6, 6.07) is 9.68. The lowest BCUT2D eigenvalue weighted by molar-refractivity contribution is 0.0697. The second-order valence-electron chi connectivity index (χ2n) is 4.46. The first-order valence-corrected chi connectivity index (χ1v) is 6.08. The van der Waals surface area contributed by atoms with Gasteiger partial charge in [0.1, 0.15) is 11.5 Å². The third-order valence-corrected chi connectivity index (χ3v) is 3.06. The van der Waals surface area contributed by atoms with Crippen molar-refractivity contribution in [1.82, 2.24) is 9.97 Å². The van der Waals surface area contributed by atoms with Gasteiger partial charge in [-0.15, -0.1) is 0 Å². The largest absolute Gasteiger partial charge is 0.478 e. The molecule has 2 N–H and O–H groups in total. The number of nitrogens with one attached hydrogen (secondary N) is 1. The molecular formula is C15H9FN2O3. The second kappa shape index (κ2) is 4.82. The van der Waals surface area contributed by atoms with Gasteiger partial charge in [-0.05, 0) is 42.5 Å². The number of aromatic nitrogens is 2. The Morgan fingerprint density at radius 1 is 1.14 bits per heavy atom. The molecule has 0 unspecified atom stereocenters. The molecule has 0 aliphatic heterocycles. The summed E-state index contributed by atoms with van der Waals surface area (Å²) >= 11 is 0. The highest BCUT2D eigenvalue weighted by atomic mass is 19.1. The monoisotopic (exact) mass is 284 g/mol. The molecule has 21 heavy (non-hydrogen) atoms.